The van der Waals surface area contributed by atoms with Crippen LogP contribution in [0.25, 0.3) is 0 Å². The largest absolute Gasteiger partial charge is 0.396 e. The number of aromatic nitrogens is 2. The Hall–Kier alpha value is -0.520. The van der Waals surface area contributed by atoms with Gasteiger partial charge < -0.3 is 14.8 Å². The lowest BCUT2D eigenvalue weighted by molar-refractivity contribution is 0.271. The van der Waals surface area contributed by atoms with E-state index in [1.165, 1.54) is 11.8 Å². The third kappa shape index (κ3) is 2.00. The molecule has 0 spiro atoms. The minimum atomic E-state index is 0.00316. The van der Waals surface area contributed by atoms with Crippen LogP contribution in [0.1, 0.15) is 5.69 Å². The number of hydrogen-bond acceptors (Lipinski definition) is 4. The SMILES string of the molecule is Cn1c(CO)cnc1SCCO. The number of nitrogens with zero attached hydrogens (tertiary/aromatic N) is 2. The second-order valence-corrected chi connectivity index (χ2v) is 3.38. The van der Waals surface area contributed by atoms with E-state index in [1.54, 1.807) is 6.20 Å². The predicted octanol–water partition coefficient (Wildman–Crippen LogP) is -0.00320. The maximum Gasteiger partial charge on any atom is 0.168 e. The third-order valence-corrected chi connectivity index (χ3v) is 2.55. The summed E-state index contributed by atoms with van der Waals surface area (Å²) in [5.74, 6) is 0.635. The Kier molecular flexibility index (Phi) is 3.58. The molecule has 2 N–H and O–H groups in total. The molecule has 1 heterocycles. The molecule has 1 rings (SSSR count). The molecule has 1 aromatic rings. The van der Waals surface area contributed by atoms with E-state index in [0.29, 0.717) is 5.75 Å². The Bertz CT molecular complexity index is 250. The van der Waals surface area contributed by atoms with Crippen LogP contribution in [0.15, 0.2) is 11.4 Å². The van der Waals surface area contributed by atoms with Gasteiger partial charge in [-0.05, 0) is 0 Å². The summed E-state index contributed by atoms with van der Waals surface area (Å²) < 4.78 is 1.82. The molecular weight excluding hydrogens is 176 g/mol. The maximum absolute atomic E-state index is 8.84. The van der Waals surface area contributed by atoms with E-state index in [0.717, 1.165) is 10.9 Å². The Morgan fingerprint density at radius 3 is 2.83 bits per heavy atom. The summed E-state index contributed by atoms with van der Waals surface area (Å²) >= 11 is 1.47. The number of imidazole rings is 1. The van der Waals surface area contributed by atoms with Crippen molar-refractivity contribution in [2.45, 2.75) is 11.8 Å². The van der Waals surface area contributed by atoms with Gasteiger partial charge in [0.2, 0.25) is 0 Å². The van der Waals surface area contributed by atoms with Crippen LogP contribution in [0.2, 0.25) is 0 Å². The van der Waals surface area contributed by atoms with Gasteiger partial charge in [-0.3, -0.25) is 0 Å². The highest BCUT2D eigenvalue weighted by molar-refractivity contribution is 7.99. The Morgan fingerprint density at radius 2 is 2.33 bits per heavy atom. The summed E-state index contributed by atoms with van der Waals surface area (Å²) in [6.07, 6.45) is 1.64. The highest BCUT2D eigenvalue weighted by Crippen LogP contribution is 2.16. The third-order valence-electron chi connectivity index (χ3n) is 1.53. The number of rotatable bonds is 4. The van der Waals surface area contributed by atoms with Crippen molar-refractivity contribution in [3.63, 3.8) is 0 Å². The smallest absolute Gasteiger partial charge is 0.168 e. The van der Waals surface area contributed by atoms with Gasteiger partial charge in [0.25, 0.3) is 0 Å². The summed E-state index contributed by atoms with van der Waals surface area (Å²) in [5.41, 5.74) is 0.787. The van der Waals surface area contributed by atoms with Gasteiger partial charge in [-0.1, -0.05) is 11.8 Å². The van der Waals surface area contributed by atoms with Crippen LogP contribution in [0, 0.1) is 0 Å². The molecule has 0 saturated heterocycles. The van der Waals surface area contributed by atoms with Crippen molar-refractivity contribution in [2.24, 2.45) is 7.05 Å². The molecule has 0 amide bonds. The summed E-state index contributed by atoms with van der Waals surface area (Å²) in [7, 11) is 1.85. The van der Waals surface area contributed by atoms with Gasteiger partial charge in [0, 0.05) is 12.8 Å². The van der Waals surface area contributed by atoms with E-state index in [1.807, 2.05) is 11.6 Å². The van der Waals surface area contributed by atoms with E-state index in [2.05, 4.69) is 4.98 Å². The van der Waals surface area contributed by atoms with E-state index in [9.17, 15) is 0 Å². The zero-order valence-corrected chi connectivity index (χ0v) is 7.71. The molecule has 0 saturated carbocycles. The van der Waals surface area contributed by atoms with Crippen molar-refractivity contribution in [1.82, 2.24) is 9.55 Å². The summed E-state index contributed by atoms with van der Waals surface area (Å²) in [5, 5.41) is 18.2. The lowest BCUT2D eigenvalue weighted by Gasteiger charge is -2.01. The first kappa shape index (κ1) is 9.57. The average Bonchev–Trinajstić information content (AvgIpc) is 2.43. The lowest BCUT2D eigenvalue weighted by Crippen LogP contribution is -1.98. The average molecular weight is 188 g/mol. The number of aliphatic hydroxyl groups is 2. The van der Waals surface area contributed by atoms with Gasteiger partial charge in [-0.2, -0.15) is 0 Å². The van der Waals surface area contributed by atoms with E-state index in [4.69, 9.17) is 10.2 Å². The zero-order valence-electron chi connectivity index (χ0n) is 6.90. The molecule has 12 heavy (non-hydrogen) atoms. The van der Waals surface area contributed by atoms with Crippen molar-refractivity contribution in [3.8, 4) is 0 Å². The quantitative estimate of drug-likeness (QED) is 0.653. The van der Waals surface area contributed by atoms with Crippen LogP contribution >= 0.6 is 11.8 Å². The van der Waals surface area contributed by atoms with Gasteiger partial charge >= 0.3 is 0 Å². The molecule has 4 nitrogen and oxygen atoms in total. The second kappa shape index (κ2) is 4.49. The van der Waals surface area contributed by atoms with Crippen LogP contribution in [0.5, 0.6) is 0 Å². The molecule has 0 aliphatic carbocycles. The van der Waals surface area contributed by atoms with Gasteiger partial charge in [-0.25, -0.2) is 4.98 Å². The number of thioether (sulfide) groups is 1. The molecule has 0 atom stereocenters. The van der Waals surface area contributed by atoms with E-state index < -0.39 is 0 Å². The fraction of sp³-hybridized carbons (Fsp3) is 0.571. The fourth-order valence-electron chi connectivity index (χ4n) is 0.844. The molecule has 0 aromatic carbocycles. The monoisotopic (exact) mass is 188 g/mol. The molecule has 0 bridgehead atoms. The van der Waals surface area contributed by atoms with E-state index in [-0.39, 0.29) is 13.2 Å². The van der Waals surface area contributed by atoms with Crippen molar-refractivity contribution in [3.05, 3.63) is 11.9 Å². The van der Waals surface area contributed by atoms with Crippen LogP contribution in [-0.2, 0) is 13.7 Å². The molecular formula is C7H12N2O2S. The first-order valence-corrected chi connectivity index (χ1v) is 4.63. The van der Waals surface area contributed by atoms with Gasteiger partial charge in [0.1, 0.15) is 0 Å². The fourth-order valence-corrected chi connectivity index (χ4v) is 1.56. The first-order chi connectivity index (χ1) is 5.79. The predicted molar refractivity (Wildman–Crippen MR) is 46.9 cm³/mol. The summed E-state index contributed by atoms with van der Waals surface area (Å²) in [6, 6.07) is 0. The molecule has 0 aliphatic rings. The summed E-state index contributed by atoms with van der Waals surface area (Å²) in [4.78, 5) is 4.08. The molecule has 0 fully saturated rings. The standard InChI is InChI=1S/C7H12N2O2S/c1-9-6(5-11)4-8-7(9)12-3-2-10/h4,10-11H,2-3,5H2,1H3. The van der Waals surface area contributed by atoms with Crippen molar-refractivity contribution in [2.75, 3.05) is 12.4 Å². The lowest BCUT2D eigenvalue weighted by atomic mass is 10.5. The molecule has 0 unspecified atom stereocenters. The van der Waals surface area contributed by atoms with Crippen LogP contribution in [0.4, 0.5) is 0 Å². The second-order valence-electron chi connectivity index (χ2n) is 2.32. The van der Waals surface area contributed by atoms with Crippen molar-refractivity contribution in [1.29, 1.82) is 0 Å². The minimum Gasteiger partial charge on any atom is -0.396 e. The number of aliphatic hydroxyl groups excluding tert-OH is 2. The summed E-state index contributed by atoms with van der Waals surface area (Å²) in [6.45, 7) is 0.148. The van der Waals surface area contributed by atoms with Gasteiger partial charge in [-0.15, -0.1) is 0 Å². The Balaban J connectivity index is 2.66. The minimum absolute atomic E-state index is 0.00316. The van der Waals surface area contributed by atoms with Crippen LogP contribution in [0.3, 0.4) is 0 Å². The highest BCUT2D eigenvalue weighted by Gasteiger charge is 2.04. The molecule has 68 valence electrons. The number of hydrogen-bond donors (Lipinski definition) is 2. The van der Waals surface area contributed by atoms with Crippen molar-refractivity contribution < 1.29 is 10.2 Å². The van der Waals surface area contributed by atoms with Crippen LogP contribution in [-0.4, -0.2) is 32.1 Å². The van der Waals surface area contributed by atoms with Gasteiger partial charge in [0.05, 0.1) is 25.1 Å². The van der Waals surface area contributed by atoms with Crippen molar-refractivity contribution >= 4 is 11.8 Å². The first-order valence-electron chi connectivity index (χ1n) is 3.64. The van der Waals surface area contributed by atoms with Gasteiger partial charge in [0.15, 0.2) is 5.16 Å². The molecule has 5 heteroatoms. The Labute approximate surface area is 75.2 Å². The molecule has 0 aliphatic heterocycles. The highest BCUT2D eigenvalue weighted by atomic mass is 32.2. The normalized spacial score (nSPS) is 10.6. The maximum atomic E-state index is 8.84. The van der Waals surface area contributed by atoms with E-state index >= 15 is 0 Å². The Morgan fingerprint density at radius 1 is 1.58 bits per heavy atom. The topological polar surface area (TPSA) is 58.3 Å². The molecule has 0 radical (unpaired) electrons. The zero-order chi connectivity index (χ0) is 8.97. The molecule has 1 aromatic heterocycles. The van der Waals surface area contributed by atoms with Crippen LogP contribution < -0.4 is 0 Å².